The highest BCUT2D eigenvalue weighted by Crippen LogP contribution is 2.06. The van der Waals surface area contributed by atoms with Crippen molar-refractivity contribution in [3.63, 3.8) is 0 Å². The monoisotopic (exact) mass is 259 g/mol. The molecular weight excluding hydrogens is 242 g/mol. The number of nitro groups is 1. The number of methoxy groups -OCH3 is 1. The van der Waals surface area contributed by atoms with Crippen LogP contribution in [0.15, 0.2) is 12.5 Å². The van der Waals surface area contributed by atoms with E-state index < -0.39 is 11.0 Å². The molecule has 0 aliphatic heterocycles. The van der Waals surface area contributed by atoms with E-state index in [0.717, 1.165) is 0 Å². The topological polar surface area (TPSA) is 99.7 Å². The zero-order chi connectivity index (χ0) is 13.5. The molecule has 18 heavy (non-hydrogen) atoms. The van der Waals surface area contributed by atoms with Gasteiger partial charge in [0, 0.05) is 7.11 Å². The number of aromatic nitrogens is 2. The lowest BCUT2D eigenvalue weighted by atomic mass is 10.3. The largest absolute Gasteiger partial charge is 0.389 e. The van der Waals surface area contributed by atoms with E-state index in [1.54, 1.807) is 7.11 Å². The Bertz CT molecular complexity index is 381. The van der Waals surface area contributed by atoms with Crippen LogP contribution in [-0.2, 0) is 16.0 Å². The van der Waals surface area contributed by atoms with Crippen LogP contribution in [-0.4, -0.2) is 52.1 Å². The molecule has 1 N–H and O–H groups in total. The van der Waals surface area contributed by atoms with Gasteiger partial charge in [-0.25, -0.2) is 0 Å². The van der Waals surface area contributed by atoms with Gasteiger partial charge in [0.05, 0.1) is 32.0 Å². The third-order valence-electron chi connectivity index (χ3n) is 2.20. The summed E-state index contributed by atoms with van der Waals surface area (Å²) in [4.78, 5) is 13.4. The SMILES string of the molecule is COCC(C)OCC(O)Cn1cnc([N+](=O)[O-])c1. The van der Waals surface area contributed by atoms with Crippen molar-refractivity contribution in [2.75, 3.05) is 20.3 Å². The molecule has 2 unspecified atom stereocenters. The molecule has 8 heteroatoms. The molecule has 0 fully saturated rings. The van der Waals surface area contributed by atoms with Crippen LogP contribution in [0.5, 0.6) is 0 Å². The number of rotatable bonds is 8. The minimum Gasteiger partial charge on any atom is -0.389 e. The van der Waals surface area contributed by atoms with E-state index in [-0.39, 0.29) is 25.1 Å². The predicted molar refractivity (Wildman–Crippen MR) is 62.2 cm³/mol. The number of aliphatic hydroxyl groups is 1. The second kappa shape index (κ2) is 7.04. The summed E-state index contributed by atoms with van der Waals surface area (Å²) in [5, 5.41) is 20.1. The summed E-state index contributed by atoms with van der Waals surface area (Å²) in [7, 11) is 1.57. The first-order chi connectivity index (χ1) is 8.52. The lowest BCUT2D eigenvalue weighted by molar-refractivity contribution is -0.389. The maximum atomic E-state index is 10.4. The summed E-state index contributed by atoms with van der Waals surface area (Å²) in [5.41, 5.74) is 0. The van der Waals surface area contributed by atoms with Crippen LogP contribution in [0.2, 0.25) is 0 Å². The van der Waals surface area contributed by atoms with Gasteiger partial charge in [0.2, 0.25) is 6.33 Å². The molecule has 0 bridgehead atoms. The second-order valence-electron chi connectivity index (χ2n) is 3.94. The van der Waals surface area contributed by atoms with Crippen LogP contribution in [0.25, 0.3) is 0 Å². The van der Waals surface area contributed by atoms with E-state index >= 15 is 0 Å². The first kappa shape index (κ1) is 14.6. The highest BCUT2D eigenvalue weighted by molar-refractivity contribution is 5.12. The first-order valence-electron chi connectivity index (χ1n) is 5.47. The van der Waals surface area contributed by atoms with E-state index in [1.165, 1.54) is 17.1 Å². The van der Waals surface area contributed by atoms with Crippen LogP contribution in [0.4, 0.5) is 5.82 Å². The van der Waals surface area contributed by atoms with Crippen LogP contribution in [0.1, 0.15) is 6.92 Å². The Hall–Kier alpha value is -1.51. The molecule has 8 nitrogen and oxygen atoms in total. The number of ether oxygens (including phenoxy) is 2. The molecule has 0 aromatic carbocycles. The van der Waals surface area contributed by atoms with E-state index in [4.69, 9.17) is 9.47 Å². The average molecular weight is 259 g/mol. The van der Waals surface area contributed by atoms with Gasteiger partial charge in [-0.3, -0.25) is 0 Å². The van der Waals surface area contributed by atoms with Crippen LogP contribution < -0.4 is 0 Å². The molecule has 1 aromatic rings. The van der Waals surface area contributed by atoms with E-state index in [1.807, 2.05) is 6.92 Å². The average Bonchev–Trinajstić information content (AvgIpc) is 2.75. The van der Waals surface area contributed by atoms with Gasteiger partial charge < -0.3 is 29.3 Å². The summed E-state index contributed by atoms with van der Waals surface area (Å²) >= 11 is 0. The Kier molecular flexibility index (Phi) is 5.69. The van der Waals surface area contributed by atoms with Crippen LogP contribution >= 0.6 is 0 Å². The third-order valence-corrected chi connectivity index (χ3v) is 2.20. The fourth-order valence-corrected chi connectivity index (χ4v) is 1.40. The number of imidazole rings is 1. The van der Waals surface area contributed by atoms with E-state index in [2.05, 4.69) is 4.98 Å². The second-order valence-corrected chi connectivity index (χ2v) is 3.94. The van der Waals surface area contributed by atoms with Crippen molar-refractivity contribution in [1.29, 1.82) is 0 Å². The molecule has 0 radical (unpaired) electrons. The third kappa shape index (κ3) is 4.78. The summed E-state index contributed by atoms with van der Waals surface area (Å²) in [6, 6.07) is 0. The molecule has 0 saturated carbocycles. The molecule has 0 saturated heterocycles. The van der Waals surface area contributed by atoms with Crippen molar-refractivity contribution < 1.29 is 19.5 Å². The summed E-state index contributed by atoms with van der Waals surface area (Å²) in [5.74, 6) is -0.240. The van der Waals surface area contributed by atoms with Crippen molar-refractivity contribution in [3.8, 4) is 0 Å². The van der Waals surface area contributed by atoms with E-state index in [9.17, 15) is 15.2 Å². The van der Waals surface area contributed by atoms with Gasteiger partial charge in [0.25, 0.3) is 0 Å². The van der Waals surface area contributed by atoms with Gasteiger partial charge in [-0.15, -0.1) is 0 Å². The molecule has 1 rings (SSSR count). The Balaban J connectivity index is 2.34. The molecular formula is C10H17N3O5. The van der Waals surface area contributed by atoms with Gasteiger partial charge in [-0.1, -0.05) is 0 Å². The van der Waals surface area contributed by atoms with Gasteiger partial charge >= 0.3 is 5.82 Å². The van der Waals surface area contributed by atoms with Crippen LogP contribution in [0, 0.1) is 10.1 Å². The quantitative estimate of drug-likeness (QED) is 0.529. The summed E-state index contributed by atoms with van der Waals surface area (Å²) < 4.78 is 11.7. The van der Waals surface area contributed by atoms with Gasteiger partial charge in [0.15, 0.2) is 0 Å². The lowest BCUT2D eigenvalue weighted by Gasteiger charge is -2.15. The molecule has 1 aromatic heterocycles. The standard InChI is InChI=1S/C10H17N3O5/c1-8(5-17-2)18-6-9(14)3-12-4-10(11-7-12)13(15)16/h4,7-9,14H,3,5-6H2,1-2H3. The van der Waals surface area contributed by atoms with Crippen molar-refractivity contribution in [2.45, 2.75) is 25.7 Å². The molecule has 1 heterocycles. The normalized spacial score (nSPS) is 14.4. The first-order valence-corrected chi connectivity index (χ1v) is 5.47. The highest BCUT2D eigenvalue weighted by atomic mass is 16.6. The van der Waals surface area contributed by atoms with Crippen molar-refractivity contribution in [3.05, 3.63) is 22.6 Å². The Morgan fingerprint density at radius 3 is 2.89 bits per heavy atom. The molecule has 2 atom stereocenters. The fourth-order valence-electron chi connectivity index (χ4n) is 1.40. The van der Waals surface area contributed by atoms with Crippen molar-refractivity contribution in [2.24, 2.45) is 0 Å². The summed E-state index contributed by atoms with van der Waals surface area (Å²) in [6.45, 7) is 2.61. The molecule has 0 spiro atoms. The Labute approximate surface area is 104 Å². The minimum absolute atomic E-state index is 0.109. The number of nitrogens with zero attached hydrogens (tertiary/aromatic N) is 3. The highest BCUT2D eigenvalue weighted by Gasteiger charge is 2.13. The number of aliphatic hydroxyl groups excluding tert-OH is 1. The van der Waals surface area contributed by atoms with Gasteiger partial charge in [-0.2, -0.15) is 0 Å². The number of hydrogen-bond donors (Lipinski definition) is 1. The van der Waals surface area contributed by atoms with Crippen molar-refractivity contribution >= 4 is 5.82 Å². The van der Waals surface area contributed by atoms with Crippen molar-refractivity contribution in [1.82, 2.24) is 9.55 Å². The molecule has 0 amide bonds. The zero-order valence-corrected chi connectivity index (χ0v) is 10.4. The smallest absolute Gasteiger partial charge is 0.381 e. The van der Waals surface area contributed by atoms with Crippen LogP contribution in [0.3, 0.4) is 0 Å². The zero-order valence-electron chi connectivity index (χ0n) is 10.4. The molecule has 0 aliphatic carbocycles. The maximum absolute atomic E-state index is 10.4. The summed E-state index contributed by atoms with van der Waals surface area (Å²) in [6.07, 6.45) is 1.71. The Morgan fingerprint density at radius 2 is 2.33 bits per heavy atom. The predicted octanol–water partition coefficient (Wildman–Crippen LogP) is 0.204. The lowest BCUT2D eigenvalue weighted by Crippen LogP contribution is -2.26. The minimum atomic E-state index is -0.752. The fraction of sp³-hybridized carbons (Fsp3) is 0.700. The molecule has 0 aliphatic rings. The molecule has 102 valence electrons. The van der Waals surface area contributed by atoms with E-state index in [0.29, 0.717) is 6.61 Å². The number of hydrogen-bond acceptors (Lipinski definition) is 6. The van der Waals surface area contributed by atoms with Gasteiger partial charge in [-0.05, 0) is 16.8 Å². The Morgan fingerprint density at radius 1 is 1.61 bits per heavy atom. The van der Waals surface area contributed by atoms with Gasteiger partial charge in [0.1, 0.15) is 6.20 Å². The maximum Gasteiger partial charge on any atom is 0.381 e.